The van der Waals surface area contributed by atoms with Crippen molar-refractivity contribution in [1.82, 2.24) is 10.3 Å². The number of nitrogens with zero attached hydrogens (tertiary/aromatic N) is 2. The third-order valence-electron chi connectivity index (χ3n) is 8.23. The van der Waals surface area contributed by atoms with Gasteiger partial charge in [0.05, 0.1) is 17.5 Å². The largest absolute Gasteiger partial charge is 0.348 e. The molecule has 0 spiro atoms. The zero-order chi connectivity index (χ0) is 20.4. The average Bonchev–Trinajstić information content (AvgIpc) is 3.00. The van der Waals surface area contributed by atoms with E-state index in [1.165, 1.54) is 43.5 Å². The normalized spacial score (nSPS) is 41.3. The fourth-order valence-corrected chi connectivity index (χ4v) is 8.82. The van der Waals surface area contributed by atoms with Crippen LogP contribution >= 0.6 is 0 Å². The van der Waals surface area contributed by atoms with E-state index in [2.05, 4.69) is 17.3 Å². The van der Waals surface area contributed by atoms with Crippen LogP contribution in [0.25, 0.3) is 0 Å². The summed E-state index contributed by atoms with van der Waals surface area (Å²) in [6, 6.07) is -0.333. The number of hydrogen-bond acceptors (Lipinski definition) is 5. The fourth-order valence-electron chi connectivity index (χ4n) is 7.13. The number of rotatable bonds is 4. The molecule has 0 aromatic carbocycles. The van der Waals surface area contributed by atoms with Crippen LogP contribution in [0.15, 0.2) is 5.10 Å². The predicted octanol–water partition coefficient (Wildman–Crippen LogP) is 1.87. The second-order valence-electron chi connectivity index (χ2n) is 10.3. The maximum Gasteiger partial charge on any atom is 0.267 e. The lowest BCUT2D eigenvalue weighted by Crippen LogP contribution is -2.57. The Morgan fingerprint density at radius 2 is 1.76 bits per heavy atom. The van der Waals surface area contributed by atoms with Gasteiger partial charge < -0.3 is 5.32 Å². The Kier molecular flexibility index (Phi) is 4.57. The molecule has 160 valence electrons. The van der Waals surface area contributed by atoms with Crippen molar-refractivity contribution in [3.8, 4) is 0 Å². The summed E-state index contributed by atoms with van der Waals surface area (Å²) in [5, 5.41) is 8.83. The number of carbonyl (C=O) groups is 2. The summed E-state index contributed by atoms with van der Waals surface area (Å²) in [4.78, 5) is 25.3. The summed E-state index contributed by atoms with van der Waals surface area (Å²) in [6.07, 6.45) is 8.71. The lowest BCUT2D eigenvalue weighted by atomic mass is 9.48. The quantitative estimate of drug-likeness (QED) is 0.750. The van der Waals surface area contributed by atoms with Crippen LogP contribution in [0.5, 0.6) is 0 Å². The van der Waals surface area contributed by atoms with E-state index in [1.54, 1.807) is 0 Å². The maximum absolute atomic E-state index is 13.0. The molecule has 1 N–H and O–H groups in total. The number of nitrogens with one attached hydrogen (secondary N) is 1. The van der Waals surface area contributed by atoms with Gasteiger partial charge in [-0.05, 0) is 75.0 Å². The van der Waals surface area contributed by atoms with E-state index in [4.69, 9.17) is 0 Å². The lowest BCUT2D eigenvalue weighted by Gasteiger charge is -2.59. The number of hydrazone groups is 1. The Bertz CT molecular complexity index is 830. The molecule has 8 heteroatoms. The molecule has 6 aliphatic rings. The van der Waals surface area contributed by atoms with Crippen molar-refractivity contribution in [1.29, 1.82) is 0 Å². The summed E-state index contributed by atoms with van der Waals surface area (Å²) in [5.41, 5.74) is 0.583. The Labute approximate surface area is 172 Å². The molecule has 29 heavy (non-hydrogen) atoms. The minimum atomic E-state index is -3.11. The molecule has 0 aromatic rings. The Hall–Kier alpha value is -1.44. The molecule has 2 amide bonds. The zero-order valence-corrected chi connectivity index (χ0v) is 17.9. The van der Waals surface area contributed by atoms with E-state index < -0.39 is 15.9 Å². The first-order chi connectivity index (χ1) is 13.7. The SMILES string of the molecule is C[C@H](NC(=O)C1=NN([C@@H]2CCS(=O)(=O)C2)C(=O)CC1)C12CC3CC(CC(C3)C1)C2. The molecule has 2 aliphatic heterocycles. The molecule has 1 saturated heterocycles. The number of amides is 2. The second kappa shape index (κ2) is 6.79. The van der Waals surface area contributed by atoms with Crippen molar-refractivity contribution in [2.24, 2.45) is 28.3 Å². The first-order valence-electron chi connectivity index (χ1n) is 11.1. The van der Waals surface area contributed by atoms with Crippen LogP contribution in [0.4, 0.5) is 0 Å². The van der Waals surface area contributed by atoms with Crippen molar-refractivity contribution in [2.45, 2.75) is 76.8 Å². The van der Waals surface area contributed by atoms with Crippen LogP contribution in [-0.2, 0) is 19.4 Å². The van der Waals surface area contributed by atoms with Crippen LogP contribution in [0.2, 0.25) is 0 Å². The number of sulfone groups is 1. The summed E-state index contributed by atoms with van der Waals surface area (Å²) in [7, 11) is -3.11. The highest BCUT2D eigenvalue weighted by molar-refractivity contribution is 7.91. The van der Waals surface area contributed by atoms with Gasteiger partial charge in [0.25, 0.3) is 5.91 Å². The molecule has 4 aliphatic carbocycles. The van der Waals surface area contributed by atoms with Gasteiger partial charge in [-0.1, -0.05) is 0 Å². The van der Waals surface area contributed by atoms with Crippen molar-refractivity contribution in [2.75, 3.05) is 11.5 Å². The minimum absolute atomic E-state index is 0.0547. The van der Waals surface area contributed by atoms with Crippen LogP contribution in [0.1, 0.15) is 64.7 Å². The van der Waals surface area contributed by atoms with E-state index in [0.717, 1.165) is 17.8 Å². The van der Waals surface area contributed by atoms with Gasteiger partial charge in [-0.3, -0.25) is 9.59 Å². The molecule has 2 heterocycles. The van der Waals surface area contributed by atoms with Crippen LogP contribution in [0, 0.1) is 23.2 Å². The van der Waals surface area contributed by atoms with Crippen LogP contribution in [0.3, 0.4) is 0 Å². The van der Waals surface area contributed by atoms with Gasteiger partial charge in [0.2, 0.25) is 5.91 Å². The predicted molar refractivity (Wildman–Crippen MR) is 109 cm³/mol. The highest BCUT2D eigenvalue weighted by atomic mass is 32.2. The molecule has 6 rings (SSSR count). The minimum Gasteiger partial charge on any atom is -0.348 e. The van der Waals surface area contributed by atoms with Gasteiger partial charge in [0, 0.05) is 18.9 Å². The van der Waals surface area contributed by atoms with Gasteiger partial charge in [0.1, 0.15) is 5.71 Å². The lowest BCUT2D eigenvalue weighted by molar-refractivity contribution is -0.133. The maximum atomic E-state index is 13.0. The number of carbonyl (C=O) groups excluding carboxylic acids is 2. The van der Waals surface area contributed by atoms with Crippen molar-refractivity contribution < 1.29 is 18.0 Å². The Morgan fingerprint density at radius 3 is 2.31 bits per heavy atom. The van der Waals surface area contributed by atoms with E-state index in [-0.39, 0.29) is 41.2 Å². The highest BCUT2D eigenvalue weighted by Crippen LogP contribution is 2.61. The molecule has 4 saturated carbocycles. The Morgan fingerprint density at radius 1 is 1.14 bits per heavy atom. The van der Waals surface area contributed by atoms with Crippen molar-refractivity contribution >= 4 is 27.4 Å². The zero-order valence-electron chi connectivity index (χ0n) is 17.1. The molecular weight excluding hydrogens is 390 g/mol. The topological polar surface area (TPSA) is 95.9 Å². The third-order valence-corrected chi connectivity index (χ3v) is 9.98. The third kappa shape index (κ3) is 3.51. The summed E-state index contributed by atoms with van der Waals surface area (Å²) >= 11 is 0. The van der Waals surface area contributed by atoms with Gasteiger partial charge in [-0.2, -0.15) is 5.10 Å². The standard InChI is InChI=1S/C21H31N3O4S/c1-13(21-9-14-6-15(10-21)8-16(7-14)11-21)22-20(26)18-2-3-19(25)24(23-18)17-4-5-29(27,28)12-17/h13-17H,2-12H2,1H3,(H,22,26)/t13-,14?,15?,16?,17+,21?/m0/s1. The molecule has 5 fully saturated rings. The molecule has 0 unspecified atom stereocenters. The first kappa shape index (κ1) is 19.5. The molecule has 0 radical (unpaired) electrons. The fraction of sp³-hybridized carbons (Fsp3) is 0.857. The molecule has 0 aromatic heterocycles. The molecular formula is C21H31N3O4S. The second-order valence-corrected chi connectivity index (χ2v) is 12.5. The Balaban J connectivity index is 1.29. The summed E-state index contributed by atoms with van der Waals surface area (Å²) in [6.45, 7) is 2.14. The first-order valence-corrected chi connectivity index (χ1v) is 13.0. The van der Waals surface area contributed by atoms with E-state index in [0.29, 0.717) is 18.6 Å². The molecule has 4 bridgehead atoms. The smallest absolute Gasteiger partial charge is 0.267 e. The van der Waals surface area contributed by atoms with E-state index in [1.807, 2.05) is 0 Å². The van der Waals surface area contributed by atoms with Gasteiger partial charge in [-0.15, -0.1) is 0 Å². The van der Waals surface area contributed by atoms with Crippen LogP contribution < -0.4 is 5.32 Å². The summed E-state index contributed by atoms with van der Waals surface area (Å²) < 4.78 is 23.6. The number of hydrogen-bond donors (Lipinski definition) is 1. The monoisotopic (exact) mass is 421 g/mol. The van der Waals surface area contributed by atoms with E-state index >= 15 is 0 Å². The van der Waals surface area contributed by atoms with Gasteiger partial charge >= 0.3 is 0 Å². The molecule has 7 nitrogen and oxygen atoms in total. The molecule has 2 atom stereocenters. The van der Waals surface area contributed by atoms with Crippen molar-refractivity contribution in [3.05, 3.63) is 0 Å². The summed E-state index contributed by atoms with van der Waals surface area (Å²) in [5.74, 6) is 2.13. The van der Waals surface area contributed by atoms with Crippen LogP contribution in [-0.4, -0.2) is 54.5 Å². The average molecular weight is 422 g/mol. The van der Waals surface area contributed by atoms with Gasteiger partial charge in [-0.25, -0.2) is 13.4 Å². The van der Waals surface area contributed by atoms with Gasteiger partial charge in [0.15, 0.2) is 9.84 Å². The van der Waals surface area contributed by atoms with Crippen molar-refractivity contribution in [3.63, 3.8) is 0 Å². The highest BCUT2D eigenvalue weighted by Gasteiger charge is 2.53. The van der Waals surface area contributed by atoms with E-state index in [9.17, 15) is 18.0 Å².